The number of halogens is 1. The molecular formula is C14H29ClN2O. The lowest BCUT2D eigenvalue weighted by Gasteiger charge is -2.34. The van der Waals surface area contributed by atoms with Gasteiger partial charge in [0.05, 0.1) is 6.04 Å². The number of carbonyl (C=O) groups is 1. The van der Waals surface area contributed by atoms with Crippen molar-refractivity contribution in [3.8, 4) is 0 Å². The Hall–Kier alpha value is -0.280. The quantitative estimate of drug-likeness (QED) is 0.811. The second kappa shape index (κ2) is 8.00. The first-order chi connectivity index (χ1) is 7.94. The predicted molar refractivity (Wildman–Crippen MR) is 78.9 cm³/mol. The number of nitrogens with two attached hydrogens (primary N) is 1. The van der Waals surface area contributed by atoms with E-state index in [2.05, 4.69) is 26.1 Å². The summed E-state index contributed by atoms with van der Waals surface area (Å²) in [6.45, 7) is 7.53. The second-order valence-corrected chi connectivity index (χ2v) is 6.25. The summed E-state index contributed by atoms with van der Waals surface area (Å²) in [7, 11) is 0. The fourth-order valence-corrected chi connectivity index (χ4v) is 2.48. The van der Waals surface area contributed by atoms with Crippen molar-refractivity contribution >= 4 is 18.3 Å². The van der Waals surface area contributed by atoms with E-state index in [0.29, 0.717) is 11.3 Å². The van der Waals surface area contributed by atoms with Gasteiger partial charge in [0.2, 0.25) is 5.91 Å². The summed E-state index contributed by atoms with van der Waals surface area (Å²) in [5.41, 5.74) is 6.27. The molecule has 108 valence electrons. The fourth-order valence-electron chi connectivity index (χ4n) is 2.48. The smallest absolute Gasteiger partial charge is 0.236 e. The summed E-state index contributed by atoms with van der Waals surface area (Å²) in [6.07, 6.45) is 6.76. The van der Waals surface area contributed by atoms with Crippen molar-refractivity contribution in [2.45, 2.75) is 65.3 Å². The van der Waals surface area contributed by atoms with E-state index < -0.39 is 0 Å². The third-order valence-corrected chi connectivity index (χ3v) is 3.96. The highest BCUT2D eigenvalue weighted by Crippen LogP contribution is 2.37. The van der Waals surface area contributed by atoms with Crippen molar-refractivity contribution in [1.82, 2.24) is 5.32 Å². The molecule has 0 bridgehead atoms. The molecule has 1 aliphatic rings. The van der Waals surface area contributed by atoms with Crippen LogP contribution in [0.5, 0.6) is 0 Å². The summed E-state index contributed by atoms with van der Waals surface area (Å²) in [4.78, 5) is 11.7. The third kappa shape index (κ3) is 6.05. The Balaban J connectivity index is 0.00000289. The highest BCUT2D eigenvalue weighted by molar-refractivity contribution is 5.85. The van der Waals surface area contributed by atoms with Gasteiger partial charge in [-0.25, -0.2) is 0 Å². The molecule has 0 radical (unpaired) electrons. The summed E-state index contributed by atoms with van der Waals surface area (Å²) in [6, 6.07) is -0.319. The maximum Gasteiger partial charge on any atom is 0.236 e. The van der Waals surface area contributed by atoms with Crippen LogP contribution in [0.15, 0.2) is 0 Å². The topological polar surface area (TPSA) is 55.1 Å². The van der Waals surface area contributed by atoms with Gasteiger partial charge in [0.25, 0.3) is 0 Å². The Morgan fingerprint density at radius 2 is 1.94 bits per heavy atom. The van der Waals surface area contributed by atoms with Crippen LogP contribution in [0.4, 0.5) is 0 Å². The van der Waals surface area contributed by atoms with Gasteiger partial charge in [0, 0.05) is 6.54 Å². The minimum absolute atomic E-state index is 0. The molecule has 18 heavy (non-hydrogen) atoms. The van der Waals surface area contributed by atoms with Crippen molar-refractivity contribution < 1.29 is 4.79 Å². The first-order valence-corrected chi connectivity index (χ1v) is 6.98. The SMILES string of the molecule is CCCC(N)C(=O)NCC1CCC(C)(C)CC1.Cl. The van der Waals surface area contributed by atoms with Gasteiger partial charge in [-0.3, -0.25) is 4.79 Å². The van der Waals surface area contributed by atoms with Gasteiger partial charge in [-0.15, -0.1) is 12.4 Å². The van der Waals surface area contributed by atoms with E-state index in [4.69, 9.17) is 5.73 Å². The normalized spacial score (nSPS) is 20.9. The van der Waals surface area contributed by atoms with E-state index in [-0.39, 0.29) is 24.4 Å². The molecule has 1 fully saturated rings. The number of nitrogens with one attached hydrogen (secondary N) is 1. The monoisotopic (exact) mass is 276 g/mol. The molecule has 0 aromatic rings. The van der Waals surface area contributed by atoms with Crippen LogP contribution < -0.4 is 11.1 Å². The Kier molecular flexibility index (Phi) is 7.88. The predicted octanol–water partition coefficient (Wildman–Crippen LogP) is 2.87. The maximum absolute atomic E-state index is 11.7. The standard InChI is InChI=1S/C14H28N2O.ClH/c1-4-5-12(15)13(17)16-10-11-6-8-14(2,3)9-7-11;/h11-12H,4-10,15H2,1-3H3,(H,16,17);1H. The van der Waals surface area contributed by atoms with Crippen LogP contribution in [0.2, 0.25) is 0 Å². The van der Waals surface area contributed by atoms with E-state index in [1.54, 1.807) is 0 Å². The average molecular weight is 277 g/mol. The van der Waals surface area contributed by atoms with Crippen LogP contribution in [0.25, 0.3) is 0 Å². The van der Waals surface area contributed by atoms with Crippen molar-refractivity contribution in [2.24, 2.45) is 17.1 Å². The molecular weight excluding hydrogens is 248 g/mol. The van der Waals surface area contributed by atoms with Gasteiger partial charge in [-0.1, -0.05) is 27.2 Å². The van der Waals surface area contributed by atoms with Crippen LogP contribution in [-0.4, -0.2) is 18.5 Å². The van der Waals surface area contributed by atoms with Gasteiger partial charge < -0.3 is 11.1 Å². The van der Waals surface area contributed by atoms with Gasteiger partial charge in [-0.2, -0.15) is 0 Å². The lowest BCUT2D eigenvalue weighted by atomic mass is 9.73. The van der Waals surface area contributed by atoms with Crippen LogP contribution >= 0.6 is 12.4 Å². The van der Waals surface area contributed by atoms with E-state index >= 15 is 0 Å². The number of amides is 1. The highest BCUT2D eigenvalue weighted by atomic mass is 35.5. The molecule has 1 amide bonds. The molecule has 0 spiro atoms. The average Bonchev–Trinajstić information content (AvgIpc) is 2.27. The lowest BCUT2D eigenvalue weighted by Crippen LogP contribution is -2.43. The van der Waals surface area contributed by atoms with Crippen LogP contribution in [0, 0.1) is 11.3 Å². The molecule has 4 heteroatoms. The molecule has 0 aromatic carbocycles. The summed E-state index contributed by atoms with van der Waals surface area (Å²) in [5, 5.41) is 3.00. The van der Waals surface area contributed by atoms with Gasteiger partial charge >= 0.3 is 0 Å². The fraction of sp³-hybridized carbons (Fsp3) is 0.929. The zero-order valence-corrected chi connectivity index (χ0v) is 12.8. The molecule has 1 aliphatic carbocycles. The molecule has 1 saturated carbocycles. The molecule has 0 saturated heterocycles. The summed E-state index contributed by atoms with van der Waals surface area (Å²) >= 11 is 0. The number of hydrogen-bond donors (Lipinski definition) is 2. The Morgan fingerprint density at radius 1 is 1.39 bits per heavy atom. The van der Waals surface area contributed by atoms with E-state index in [1.807, 2.05) is 0 Å². The lowest BCUT2D eigenvalue weighted by molar-refractivity contribution is -0.122. The molecule has 1 atom stereocenters. The summed E-state index contributed by atoms with van der Waals surface area (Å²) < 4.78 is 0. The molecule has 1 unspecified atom stereocenters. The van der Waals surface area contributed by atoms with Gasteiger partial charge in [-0.05, 0) is 43.4 Å². The largest absolute Gasteiger partial charge is 0.354 e. The Bertz CT molecular complexity index is 246. The Labute approximate surface area is 118 Å². The third-order valence-electron chi connectivity index (χ3n) is 3.96. The molecule has 3 nitrogen and oxygen atoms in total. The zero-order valence-electron chi connectivity index (χ0n) is 12.0. The molecule has 0 aliphatic heterocycles. The highest BCUT2D eigenvalue weighted by Gasteiger charge is 2.27. The van der Waals surface area contributed by atoms with E-state index in [0.717, 1.165) is 19.4 Å². The first kappa shape index (κ1) is 17.7. The van der Waals surface area contributed by atoms with E-state index in [1.165, 1.54) is 25.7 Å². The van der Waals surface area contributed by atoms with Gasteiger partial charge in [0.1, 0.15) is 0 Å². The molecule has 3 N–H and O–H groups in total. The summed E-state index contributed by atoms with van der Waals surface area (Å²) in [5.74, 6) is 0.678. The van der Waals surface area contributed by atoms with Crippen molar-refractivity contribution in [1.29, 1.82) is 0 Å². The van der Waals surface area contributed by atoms with Gasteiger partial charge in [0.15, 0.2) is 0 Å². The maximum atomic E-state index is 11.7. The first-order valence-electron chi connectivity index (χ1n) is 6.98. The minimum atomic E-state index is -0.319. The van der Waals surface area contributed by atoms with Crippen LogP contribution in [-0.2, 0) is 4.79 Å². The van der Waals surface area contributed by atoms with Crippen molar-refractivity contribution in [2.75, 3.05) is 6.54 Å². The van der Waals surface area contributed by atoms with Crippen LogP contribution in [0.1, 0.15) is 59.3 Å². The van der Waals surface area contributed by atoms with Crippen LogP contribution in [0.3, 0.4) is 0 Å². The van der Waals surface area contributed by atoms with E-state index in [9.17, 15) is 4.79 Å². The zero-order chi connectivity index (χ0) is 12.9. The van der Waals surface area contributed by atoms with Crippen molar-refractivity contribution in [3.05, 3.63) is 0 Å². The number of rotatable bonds is 5. The second-order valence-electron chi connectivity index (χ2n) is 6.25. The minimum Gasteiger partial charge on any atom is -0.354 e. The number of hydrogen-bond acceptors (Lipinski definition) is 2. The number of carbonyl (C=O) groups excluding carboxylic acids is 1. The van der Waals surface area contributed by atoms with Crippen molar-refractivity contribution in [3.63, 3.8) is 0 Å². The molecule has 0 aromatic heterocycles. The molecule has 0 heterocycles. The molecule has 1 rings (SSSR count). The Morgan fingerprint density at radius 3 is 2.44 bits per heavy atom.